The lowest BCUT2D eigenvalue weighted by Crippen LogP contribution is -2.36. The maximum atomic E-state index is 11.4. The molecule has 3 atom stereocenters. The lowest BCUT2D eigenvalue weighted by Gasteiger charge is -2.17. The van der Waals surface area contributed by atoms with E-state index in [4.69, 9.17) is 0 Å². The first-order valence-electron chi connectivity index (χ1n) is 7.06. The zero-order valence-corrected chi connectivity index (χ0v) is 12.0. The Morgan fingerprint density at radius 1 is 1.39 bits per heavy atom. The largest absolute Gasteiger partial charge is 0.367 e. The molecule has 102 valence electrons. The van der Waals surface area contributed by atoms with Gasteiger partial charge in [-0.2, -0.15) is 11.8 Å². The highest BCUT2D eigenvalue weighted by Crippen LogP contribution is 2.34. The molecule has 0 aromatic rings. The average Bonchev–Trinajstić information content (AvgIpc) is 2.85. The Kier molecular flexibility index (Phi) is 4.98. The molecule has 4 heteroatoms. The summed E-state index contributed by atoms with van der Waals surface area (Å²) in [5.74, 6) is 2.59. The lowest BCUT2D eigenvalue weighted by molar-refractivity contribution is -0.119. The third-order valence-corrected chi connectivity index (χ3v) is 5.26. The third-order valence-electron chi connectivity index (χ3n) is 3.75. The molecule has 2 saturated heterocycles. The van der Waals surface area contributed by atoms with Gasteiger partial charge in [0.1, 0.15) is 5.78 Å². The number of carbonyl (C=O) groups excluding carboxylic acids is 1. The number of thioether (sulfide) groups is 1. The van der Waals surface area contributed by atoms with E-state index in [1.807, 2.05) is 0 Å². The van der Waals surface area contributed by atoms with Gasteiger partial charge in [-0.3, -0.25) is 4.79 Å². The molecule has 0 aromatic carbocycles. The standard InChI is InChI=1S/C14H24N2OS/c1-3-6-11(17)7-4-5-8-13-14-12(9-18-13)15-10(2)16-14/h12-16H,2-9H2,1H3. The van der Waals surface area contributed by atoms with Crippen molar-refractivity contribution in [2.75, 3.05) is 5.75 Å². The van der Waals surface area contributed by atoms with E-state index in [1.165, 1.54) is 18.6 Å². The second-order valence-corrected chi connectivity index (χ2v) is 6.58. The van der Waals surface area contributed by atoms with E-state index >= 15 is 0 Å². The molecule has 0 radical (unpaired) electrons. The van der Waals surface area contributed by atoms with Crippen molar-refractivity contribution in [3.8, 4) is 0 Å². The van der Waals surface area contributed by atoms with Crippen molar-refractivity contribution in [3.05, 3.63) is 12.4 Å². The average molecular weight is 268 g/mol. The Bertz CT molecular complexity index is 319. The van der Waals surface area contributed by atoms with Crippen LogP contribution in [-0.2, 0) is 4.79 Å². The van der Waals surface area contributed by atoms with Gasteiger partial charge in [0.05, 0.1) is 17.9 Å². The first-order valence-corrected chi connectivity index (χ1v) is 8.11. The zero-order chi connectivity index (χ0) is 13.0. The molecule has 2 aliphatic heterocycles. The molecule has 3 unspecified atom stereocenters. The van der Waals surface area contributed by atoms with E-state index in [1.54, 1.807) is 0 Å². The van der Waals surface area contributed by atoms with Crippen LogP contribution in [0.3, 0.4) is 0 Å². The Morgan fingerprint density at radius 3 is 3.00 bits per heavy atom. The minimum atomic E-state index is 0.434. The Balaban J connectivity index is 1.62. The van der Waals surface area contributed by atoms with Gasteiger partial charge in [0.2, 0.25) is 0 Å². The van der Waals surface area contributed by atoms with Crippen molar-refractivity contribution in [3.63, 3.8) is 0 Å². The number of fused-ring (bicyclic) bond motifs is 1. The fourth-order valence-corrected chi connectivity index (χ4v) is 4.36. The van der Waals surface area contributed by atoms with Gasteiger partial charge in [-0.05, 0) is 19.3 Å². The molecular weight excluding hydrogens is 244 g/mol. The van der Waals surface area contributed by atoms with Crippen LogP contribution in [0.15, 0.2) is 12.4 Å². The van der Waals surface area contributed by atoms with Gasteiger partial charge in [0.15, 0.2) is 0 Å². The van der Waals surface area contributed by atoms with Crippen LogP contribution in [0.4, 0.5) is 0 Å². The molecule has 0 spiro atoms. The molecular formula is C14H24N2OS. The minimum Gasteiger partial charge on any atom is -0.367 e. The highest BCUT2D eigenvalue weighted by Gasteiger charge is 2.40. The molecule has 0 bridgehead atoms. The Morgan fingerprint density at radius 2 is 2.22 bits per heavy atom. The van der Waals surface area contributed by atoms with Gasteiger partial charge >= 0.3 is 0 Å². The Labute approximate surface area is 114 Å². The smallest absolute Gasteiger partial charge is 0.132 e. The Hall–Kier alpha value is -0.640. The number of hydrogen-bond acceptors (Lipinski definition) is 4. The van der Waals surface area contributed by atoms with Crippen LogP contribution in [0.25, 0.3) is 0 Å². The summed E-state index contributed by atoms with van der Waals surface area (Å²) in [6.45, 7) is 6.00. The van der Waals surface area contributed by atoms with Crippen molar-refractivity contribution in [2.24, 2.45) is 0 Å². The van der Waals surface area contributed by atoms with Crippen LogP contribution in [-0.4, -0.2) is 28.9 Å². The van der Waals surface area contributed by atoms with Gasteiger partial charge in [0.25, 0.3) is 0 Å². The first-order chi connectivity index (χ1) is 8.70. The van der Waals surface area contributed by atoms with E-state index in [-0.39, 0.29) is 0 Å². The molecule has 2 heterocycles. The molecule has 0 aliphatic carbocycles. The van der Waals surface area contributed by atoms with Gasteiger partial charge < -0.3 is 10.6 Å². The maximum Gasteiger partial charge on any atom is 0.132 e. The summed E-state index contributed by atoms with van der Waals surface area (Å²) in [5.41, 5.74) is 0. The van der Waals surface area contributed by atoms with Crippen molar-refractivity contribution in [2.45, 2.75) is 62.8 Å². The van der Waals surface area contributed by atoms with Gasteiger partial charge in [0, 0.05) is 23.8 Å². The van der Waals surface area contributed by atoms with Crippen molar-refractivity contribution >= 4 is 17.5 Å². The van der Waals surface area contributed by atoms with Crippen molar-refractivity contribution < 1.29 is 4.79 Å². The highest BCUT2D eigenvalue weighted by molar-refractivity contribution is 8.00. The van der Waals surface area contributed by atoms with Crippen molar-refractivity contribution in [1.29, 1.82) is 0 Å². The molecule has 0 aromatic heterocycles. The summed E-state index contributed by atoms with van der Waals surface area (Å²) < 4.78 is 0. The molecule has 0 saturated carbocycles. The monoisotopic (exact) mass is 268 g/mol. The van der Waals surface area contributed by atoms with E-state index < -0.39 is 0 Å². The zero-order valence-electron chi connectivity index (χ0n) is 11.2. The number of hydrogen-bond donors (Lipinski definition) is 2. The van der Waals surface area contributed by atoms with Gasteiger partial charge in [-0.25, -0.2) is 0 Å². The fourth-order valence-electron chi connectivity index (χ4n) is 2.82. The molecule has 18 heavy (non-hydrogen) atoms. The predicted octanol–water partition coefficient (Wildman–Crippen LogP) is 2.43. The molecule has 0 amide bonds. The molecule has 2 aliphatic rings. The second-order valence-electron chi connectivity index (χ2n) is 5.31. The van der Waals surface area contributed by atoms with E-state index in [0.29, 0.717) is 23.1 Å². The van der Waals surface area contributed by atoms with Crippen LogP contribution < -0.4 is 10.6 Å². The topological polar surface area (TPSA) is 41.1 Å². The minimum absolute atomic E-state index is 0.434. The number of nitrogens with one attached hydrogen (secondary N) is 2. The first kappa shape index (κ1) is 13.8. The predicted molar refractivity (Wildman–Crippen MR) is 77.6 cm³/mol. The molecule has 2 N–H and O–H groups in total. The number of ketones is 1. The molecule has 2 fully saturated rings. The number of Topliss-reactive ketones (excluding diaryl/α,β-unsaturated/α-hetero) is 1. The summed E-state index contributed by atoms with van der Waals surface area (Å²) in [5, 5.41) is 7.52. The van der Waals surface area contributed by atoms with Crippen LogP contribution in [0.5, 0.6) is 0 Å². The van der Waals surface area contributed by atoms with E-state index in [2.05, 4.69) is 35.9 Å². The van der Waals surface area contributed by atoms with Crippen molar-refractivity contribution in [1.82, 2.24) is 10.6 Å². The number of carbonyl (C=O) groups is 1. The lowest BCUT2D eigenvalue weighted by atomic mass is 10.0. The highest BCUT2D eigenvalue weighted by atomic mass is 32.2. The summed E-state index contributed by atoms with van der Waals surface area (Å²) in [7, 11) is 0. The maximum absolute atomic E-state index is 11.4. The van der Waals surface area contributed by atoms with Crippen LogP contribution in [0.1, 0.15) is 45.4 Å². The number of rotatable bonds is 7. The number of unbranched alkanes of at least 4 members (excludes halogenated alkanes) is 1. The van der Waals surface area contributed by atoms with Gasteiger partial charge in [-0.1, -0.05) is 19.9 Å². The van der Waals surface area contributed by atoms with Crippen LogP contribution in [0, 0.1) is 0 Å². The fraction of sp³-hybridized carbons (Fsp3) is 0.786. The summed E-state index contributed by atoms with van der Waals surface area (Å²) >= 11 is 2.05. The van der Waals surface area contributed by atoms with Crippen LogP contribution >= 0.6 is 11.8 Å². The molecule has 2 rings (SSSR count). The molecule has 3 nitrogen and oxygen atoms in total. The SMILES string of the molecule is C=C1NC2CSC(CCCCC(=O)CCC)C2N1. The normalized spacial score (nSPS) is 29.8. The summed E-state index contributed by atoms with van der Waals surface area (Å²) in [6.07, 6.45) is 5.96. The third kappa shape index (κ3) is 3.44. The second kappa shape index (κ2) is 6.50. The van der Waals surface area contributed by atoms with E-state index in [9.17, 15) is 4.79 Å². The van der Waals surface area contributed by atoms with Crippen LogP contribution in [0.2, 0.25) is 0 Å². The quantitative estimate of drug-likeness (QED) is 0.696. The summed E-state index contributed by atoms with van der Waals surface area (Å²) in [6, 6.07) is 1.11. The summed E-state index contributed by atoms with van der Waals surface area (Å²) in [4.78, 5) is 11.4. The van der Waals surface area contributed by atoms with E-state index in [0.717, 1.165) is 31.5 Å². The van der Waals surface area contributed by atoms with Gasteiger partial charge in [-0.15, -0.1) is 0 Å².